The smallest absolute Gasteiger partial charge is 0.811 e. The standard InChI is InChI=1S/3C8H19O3P.2Co/c3*1-3-4-5-6-7-8(2)12(9,10)11;;/h3*8H,3-7H2,1-2H3,(H2,9,10,11);;/q;;;2*+3/p-6. The Bertz CT molecular complexity index is 554. The fourth-order valence-electron chi connectivity index (χ4n) is 3.07. The van der Waals surface area contributed by atoms with Gasteiger partial charge in [-0.1, -0.05) is 141 Å². The summed E-state index contributed by atoms with van der Waals surface area (Å²) in [6.45, 7) is 10.8. The molecule has 0 aliphatic rings. The van der Waals surface area contributed by atoms with Crippen molar-refractivity contribution in [2.24, 2.45) is 0 Å². The van der Waals surface area contributed by atoms with Crippen molar-refractivity contribution in [3.8, 4) is 0 Å². The van der Waals surface area contributed by atoms with Gasteiger partial charge in [-0.25, -0.2) is 0 Å². The molecule has 0 N–H and O–H groups in total. The molecule has 0 aromatic carbocycles. The largest absolute Gasteiger partial charge is 3.00 e. The monoisotopic (exact) mass is 694 g/mol. The van der Waals surface area contributed by atoms with Crippen molar-refractivity contribution in [1.82, 2.24) is 0 Å². The van der Waals surface area contributed by atoms with Crippen molar-refractivity contribution >= 4 is 22.8 Å². The van der Waals surface area contributed by atoms with E-state index in [1.165, 1.54) is 20.8 Å². The van der Waals surface area contributed by atoms with Crippen LogP contribution in [0.5, 0.6) is 0 Å². The van der Waals surface area contributed by atoms with Crippen molar-refractivity contribution in [2.45, 2.75) is 155 Å². The predicted molar refractivity (Wildman–Crippen MR) is 137 cm³/mol. The Kier molecular flexibility index (Phi) is 37.0. The third-order valence-corrected chi connectivity index (χ3v) is 10.1. The Morgan fingerprint density at radius 3 is 0.737 bits per heavy atom. The van der Waals surface area contributed by atoms with E-state index in [-0.39, 0.29) is 33.6 Å². The minimum atomic E-state index is -4.31. The molecule has 38 heavy (non-hydrogen) atoms. The Balaban J connectivity index is -0.000000140. The van der Waals surface area contributed by atoms with Gasteiger partial charge in [0.1, 0.15) is 0 Å². The van der Waals surface area contributed by atoms with Crippen LogP contribution < -0.4 is 29.4 Å². The Labute approximate surface area is 253 Å². The van der Waals surface area contributed by atoms with Crippen LogP contribution in [-0.2, 0) is 47.3 Å². The van der Waals surface area contributed by atoms with Crippen LogP contribution in [0.25, 0.3) is 0 Å². The van der Waals surface area contributed by atoms with E-state index in [2.05, 4.69) is 20.8 Å². The van der Waals surface area contributed by atoms with Gasteiger partial charge in [0.15, 0.2) is 0 Å². The van der Waals surface area contributed by atoms with Crippen LogP contribution in [0.1, 0.15) is 138 Å². The molecule has 0 aromatic rings. The molecule has 0 bridgehead atoms. The summed E-state index contributed by atoms with van der Waals surface area (Å²) in [4.78, 5) is 62.8. The maximum Gasteiger partial charge on any atom is 3.00 e. The topological polar surface area (TPSA) is 190 Å². The average molecular weight is 694 g/mol. The molecule has 3 unspecified atom stereocenters. The molecule has 0 rings (SSSR count). The van der Waals surface area contributed by atoms with Gasteiger partial charge in [0.25, 0.3) is 0 Å². The summed E-state index contributed by atoms with van der Waals surface area (Å²) in [6.07, 6.45) is 13.9. The van der Waals surface area contributed by atoms with Crippen molar-refractivity contribution < 1.29 is 76.6 Å². The predicted octanol–water partition coefficient (Wildman–Crippen LogP) is 3.77. The van der Waals surface area contributed by atoms with E-state index in [0.717, 1.165) is 77.0 Å². The average Bonchev–Trinajstić information content (AvgIpc) is 2.75. The fourth-order valence-corrected chi connectivity index (χ4v) is 4.57. The van der Waals surface area contributed by atoms with Crippen molar-refractivity contribution in [3.05, 3.63) is 0 Å². The Hall–Kier alpha value is 1.46. The Morgan fingerprint density at radius 1 is 0.421 bits per heavy atom. The van der Waals surface area contributed by atoms with E-state index < -0.39 is 39.8 Å². The van der Waals surface area contributed by atoms with Crippen LogP contribution in [0.4, 0.5) is 0 Å². The summed E-state index contributed by atoms with van der Waals surface area (Å²) < 4.78 is 31.4. The van der Waals surface area contributed by atoms with Gasteiger partial charge in [-0.05, 0) is 36.2 Å². The van der Waals surface area contributed by atoms with Gasteiger partial charge in [-0.15, -0.1) is 0 Å². The van der Waals surface area contributed by atoms with Crippen molar-refractivity contribution in [1.29, 1.82) is 0 Å². The van der Waals surface area contributed by atoms with E-state index in [9.17, 15) is 43.1 Å². The van der Waals surface area contributed by atoms with Crippen LogP contribution >= 0.6 is 22.8 Å². The summed E-state index contributed by atoms with van der Waals surface area (Å²) in [7, 11) is -12.9. The summed E-state index contributed by atoms with van der Waals surface area (Å²) in [5, 5.41) is 0. The van der Waals surface area contributed by atoms with Crippen LogP contribution in [-0.4, -0.2) is 17.0 Å². The van der Waals surface area contributed by atoms with Gasteiger partial charge in [0, 0.05) is 0 Å². The molecule has 0 aliphatic carbocycles. The van der Waals surface area contributed by atoms with Crippen LogP contribution in [0.3, 0.4) is 0 Å². The molecule has 0 aliphatic heterocycles. The van der Waals surface area contributed by atoms with Gasteiger partial charge < -0.3 is 43.1 Å². The molecule has 3 atom stereocenters. The van der Waals surface area contributed by atoms with Gasteiger partial charge in [0.2, 0.25) is 0 Å². The van der Waals surface area contributed by atoms with E-state index in [1.807, 2.05) is 0 Å². The summed E-state index contributed by atoms with van der Waals surface area (Å²) >= 11 is 0. The number of hydrogen-bond donors (Lipinski definition) is 0. The zero-order valence-electron chi connectivity index (χ0n) is 24.0. The van der Waals surface area contributed by atoms with Crippen molar-refractivity contribution in [3.63, 3.8) is 0 Å². The number of rotatable bonds is 18. The van der Waals surface area contributed by atoms with Gasteiger partial charge in [-0.3, -0.25) is 0 Å². The Morgan fingerprint density at radius 2 is 0.605 bits per heavy atom. The SMILES string of the molecule is CCCCCCC(C)P(=O)([O-])[O-].CCCCCCC(C)P(=O)([O-])[O-].CCCCCCC(C)P(=O)([O-])[O-].[Co+3].[Co+3]. The number of unbranched alkanes of at least 4 members (excludes halogenated alkanes) is 9. The molecule has 14 heteroatoms. The van der Waals surface area contributed by atoms with E-state index in [1.54, 1.807) is 0 Å². The summed E-state index contributed by atoms with van der Waals surface area (Å²) in [5.74, 6) is 0. The maximum atomic E-state index is 10.5. The third-order valence-electron chi connectivity index (χ3n) is 6.05. The van der Waals surface area contributed by atoms with Gasteiger partial charge >= 0.3 is 33.6 Å². The molecular formula is C24H51Co2O9P3. The second-order valence-electron chi connectivity index (χ2n) is 9.71. The first-order valence-electron chi connectivity index (χ1n) is 13.5. The first-order chi connectivity index (χ1) is 16.4. The molecule has 0 heterocycles. The molecule has 0 aromatic heterocycles. The zero-order chi connectivity index (χ0) is 28.8. The molecule has 234 valence electrons. The van der Waals surface area contributed by atoms with Crippen LogP contribution in [0, 0.1) is 0 Å². The molecule has 0 radical (unpaired) electrons. The maximum absolute atomic E-state index is 10.5. The summed E-state index contributed by atoms with van der Waals surface area (Å²) in [5.41, 5.74) is -2.06. The van der Waals surface area contributed by atoms with Crippen LogP contribution in [0.15, 0.2) is 0 Å². The molecule has 0 saturated heterocycles. The first-order valence-corrected chi connectivity index (χ1v) is 18.3. The third kappa shape index (κ3) is 35.5. The van der Waals surface area contributed by atoms with Gasteiger partial charge in [0.05, 0.1) is 0 Å². The summed E-state index contributed by atoms with van der Waals surface area (Å²) in [6, 6.07) is 0. The minimum Gasteiger partial charge on any atom is -0.811 e. The second kappa shape index (κ2) is 28.6. The van der Waals surface area contributed by atoms with Gasteiger partial charge in [-0.2, -0.15) is 0 Å². The normalized spacial score (nSPS) is 13.9. The van der Waals surface area contributed by atoms with Crippen molar-refractivity contribution in [2.75, 3.05) is 0 Å². The number of hydrogen-bond acceptors (Lipinski definition) is 9. The molecule has 0 saturated carbocycles. The van der Waals surface area contributed by atoms with Crippen LogP contribution in [0.2, 0.25) is 0 Å². The molecular weight excluding hydrogens is 643 g/mol. The zero-order valence-corrected chi connectivity index (χ0v) is 28.8. The van der Waals surface area contributed by atoms with E-state index in [4.69, 9.17) is 0 Å². The first kappa shape index (κ1) is 49.2. The molecule has 9 nitrogen and oxygen atoms in total. The molecule has 0 spiro atoms. The minimum absolute atomic E-state index is 0. The molecule has 0 amide bonds. The fraction of sp³-hybridized carbons (Fsp3) is 1.00. The van der Waals surface area contributed by atoms with E-state index >= 15 is 0 Å². The molecule has 0 fully saturated rings. The van der Waals surface area contributed by atoms with E-state index in [0.29, 0.717) is 19.3 Å². The quantitative estimate of drug-likeness (QED) is 0.152. The second-order valence-corrected chi connectivity index (χ2v) is 15.6.